The molecule has 0 saturated carbocycles. The van der Waals surface area contributed by atoms with Gasteiger partial charge in [0.25, 0.3) is 0 Å². The number of hydrogen-bond acceptors (Lipinski definition) is 10. The Morgan fingerprint density at radius 2 is 1.92 bits per heavy atom. The molecule has 9 nitrogen and oxygen atoms in total. The number of anilines is 1. The molecule has 11 heteroatoms. The molecule has 1 amide bonds. The van der Waals surface area contributed by atoms with E-state index in [9.17, 15) is 4.79 Å². The first-order valence-electron chi connectivity index (χ1n) is 12.5. The number of nitrogens with zero attached hydrogens (tertiary/aromatic N) is 7. The zero-order chi connectivity index (χ0) is 26.5. The number of amides is 1. The van der Waals surface area contributed by atoms with E-state index in [-0.39, 0.29) is 5.91 Å². The molecule has 0 aromatic carbocycles. The second-order valence-corrected chi connectivity index (χ2v) is 10.1. The van der Waals surface area contributed by atoms with Gasteiger partial charge in [0.2, 0.25) is 5.91 Å². The molecule has 2 aromatic heterocycles. The van der Waals surface area contributed by atoms with Gasteiger partial charge < -0.3 is 9.80 Å². The number of rotatable bonds is 8. The largest absolute Gasteiger partial charge is 0.352 e. The summed E-state index contributed by atoms with van der Waals surface area (Å²) in [6.07, 6.45) is 21.1. The molecule has 0 unspecified atom stereocenters. The lowest BCUT2D eigenvalue weighted by atomic mass is 10.2. The number of allylic oxidation sites excluding steroid dienone is 2. The van der Waals surface area contributed by atoms with Crippen LogP contribution < -0.4 is 4.90 Å². The number of thioether (sulfide) groups is 1. The first-order chi connectivity index (χ1) is 18.2. The van der Waals surface area contributed by atoms with Crippen LogP contribution in [-0.4, -0.2) is 78.1 Å². The molecule has 37 heavy (non-hydrogen) atoms. The number of carbonyl (C=O) groups is 1. The Kier molecular flexibility index (Phi) is 11.9. The highest BCUT2D eigenvalue weighted by Crippen LogP contribution is 2.33. The van der Waals surface area contributed by atoms with E-state index in [0.29, 0.717) is 45.6 Å². The van der Waals surface area contributed by atoms with Crippen molar-refractivity contribution >= 4 is 45.0 Å². The molecule has 2 aromatic rings. The Morgan fingerprint density at radius 1 is 1.14 bits per heavy atom. The van der Waals surface area contributed by atoms with Gasteiger partial charge in [-0.2, -0.15) is 10.3 Å². The smallest absolute Gasteiger partial charge is 0.222 e. The minimum absolute atomic E-state index is 0.169. The third kappa shape index (κ3) is 8.28. The Balaban J connectivity index is 0.00000186. The van der Waals surface area contributed by atoms with Crippen LogP contribution in [0.1, 0.15) is 31.1 Å². The van der Waals surface area contributed by atoms with E-state index in [2.05, 4.69) is 53.2 Å². The van der Waals surface area contributed by atoms with Crippen LogP contribution in [0.15, 0.2) is 45.9 Å². The van der Waals surface area contributed by atoms with Crippen LogP contribution in [0, 0.1) is 12.8 Å². The predicted octanol–water partition coefficient (Wildman–Crippen LogP) is 4.77. The highest BCUT2D eigenvalue weighted by molar-refractivity contribution is 7.98. The van der Waals surface area contributed by atoms with Gasteiger partial charge in [-0.05, 0) is 36.8 Å². The van der Waals surface area contributed by atoms with Crippen LogP contribution in [0.25, 0.3) is 10.2 Å². The van der Waals surface area contributed by atoms with Crippen molar-refractivity contribution in [3.63, 3.8) is 0 Å². The summed E-state index contributed by atoms with van der Waals surface area (Å²) < 4.78 is 0. The molecular weight excluding hydrogens is 506 g/mol. The van der Waals surface area contributed by atoms with Crippen molar-refractivity contribution < 1.29 is 9.63 Å². The number of hydrogen-bond donors (Lipinski definition) is 0. The average Bonchev–Trinajstić information content (AvgIpc) is 3.38. The van der Waals surface area contributed by atoms with Gasteiger partial charge in [-0.1, -0.05) is 43.0 Å². The molecule has 0 aliphatic carbocycles. The molecule has 0 spiro atoms. The maximum Gasteiger partial charge on any atom is 0.222 e. The minimum atomic E-state index is 0.169. The Bertz CT molecular complexity index is 1120. The summed E-state index contributed by atoms with van der Waals surface area (Å²) in [5, 5.41) is 11.6. The summed E-state index contributed by atoms with van der Waals surface area (Å²) >= 11 is 3.31. The molecule has 1 saturated heterocycles. The van der Waals surface area contributed by atoms with Crippen molar-refractivity contribution in [2.75, 3.05) is 57.0 Å². The number of aromatic nitrogens is 2. The Hall–Kier alpha value is -2.94. The minimum Gasteiger partial charge on any atom is -0.352 e. The fourth-order valence-electron chi connectivity index (χ4n) is 3.94. The standard InChI is InChI=1S/C24H33N7O2S2.C2H2/c1-3-19-18-20-22(26-24(34-2)27-23(20)35-19)30-15-13-29(14-16-30)21(32)10-9-17-33-31-12-8-6-4-5-7-11-25-28-31;1-2/h5-8,18H,3-4,9-17H2,1-2H3;1-2H/b7-5-,8-6-,28-25?;. The summed E-state index contributed by atoms with van der Waals surface area (Å²) in [5.41, 5.74) is 0. The average molecular weight is 542 g/mol. The Labute approximate surface area is 227 Å². The second-order valence-electron chi connectivity index (χ2n) is 8.25. The topological polar surface area (TPSA) is 86.5 Å². The monoisotopic (exact) mass is 541 g/mol. The van der Waals surface area contributed by atoms with E-state index in [1.807, 2.05) is 23.3 Å². The van der Waals surface area contributed by atoms with Gasteiger partial charge in [0.1, 0.15) is 10.6 Å². The number of aryl methyl sites for hydroxylation is 1. The lowest BCUT2D eigenvalue weighted by Gasteiger charge is -2.35. The summed E-state index contributed by atoms with van der Waals surface area (Å²) in [5.74, 6) is 1.16. The van der Waals surface area contributed by atoms with Crippen LogP contribution in [0.5, 0.6) is 0 Å². The van der Waals surface area contributed by atoms with E-state index in [4.69, 9.17) is 14.8 Å². The molecule has 4 heterocycles. The summed E-state index contributed by atoms with van der Waals surface area (Å²) in [4.78, 5) is 34.6. The number of terminal acetylenes is 1. The lowest BCUT2D eigenvalue weighted by Crippen LogP contribution is -2.49. The van der Waals surface area contributed by atoms with Crippen molar-refractivity contribution in [3.05, 3.63) is 35.2 Å². The summed E-state index contributed by atoms with van der Waals surface area (Å²) in [6.45, 7) is 6.63. The fourth-order valence-corrected chi connectivity index (χ4v) is 5.32. The molecule has 0 radical (unpaired) electrons. The van der Waals surface area contributed by atoms with Gasteiger partial charge >= 0.3 is 0 Å². The number of carbonyl (C=O) groups excluding carboxylic acids is 1. The molecule has 198 valence electrons. The third-order valence-electron chi connectivity index (χ3n) is 5.86. The molecule has 0 atom stereocenters. The molecule has 2 aliphatic rings. The van der Waals surface area contributed by atoms with Crippen LogP contribution in [-0.2, 0) is 16.1 Å². The fraction of sp³-hybridized carbons (Fsp3) is 0.500. The van der Waals surface area contributed by atoms with Crippen LogP contribution in [0.3, 0.4) is 0 Å². The molecule has 0 bridgehead atoms. The van der Waals surface area contributed by atoms with E-state index in [0.717, 1.165) is 47.1 Å². The van der Waals surface area contributed by atoms with Gasteiger partial charge in [0.15, 0.2) is 5.16 Å². The zero-order valence-electron chi connectivity index (χ0n) is 21.6. The van der Waals surface area contributed by atoms with Crippen molar-refractivity contribution in [3.8, 4) is 12.8 Å². The number of fused-ring (bicyclic) bond motifs is 1. The highest BCUT2D eigenvalue weighted by atomic mass is 32.2. The van der Waals surface area contributed by atoms with Gasteiger partial charge in [-0.15, -0.1) is 24.2 Å². The molecule has 2 aliphatic heterocycles. The van der Waals surface area contributed by atoms with E-state index >= 15 is 0 Å². The summed E-state index contributed by atoms with van der Waals surface area (Å²) in [7, 11) is 0. The zero-order valence-corrected chi connectivity index (χ0v) is 23.2. The molecule has 0 N–H and O–H groups in total. The van der Waals surface area contributed by atoms with Crippen LogP contribution in [0.4, 0.5) is 5.82 Å². The van der Waals surface area contributed by atoms with Crippen LogP contribution >= 0.6 is 23.1 Å². The summed E-state index contributed by atoms with van der Waals surface area (Å²) in [6, 6.07) is 2.22. The lowest BCUT2D eigenvalue weighted by molar-refractivity contribution is -0.160. The highest BCUT2D eigenvalue weighted by Gasteiger charge is 2.24. The number of hydroxylamine groups is 1. The SMILES string of the molecule is C#C.CCc1cc2c(N3CCN(C(=O)CCCON4C/C=C\C/C=C\CN=N4)CC3)nc(SC)nc2s1. The first kappa shape index (κ1) is 28.6. The van der Waals surface area contributed by atoms with Gasteiger partial charge in [0, 0.05) is 37.5 Å². The van der Waals surface area contributed by atoms with Crippen LogP contribution in [0.2, 0.25) is 0 Å². The van der Waals surface area contributed by atoms with E-state index in [1.165, 1.54) is 10.0 Å². The quantitative estimate of drug-likeness (QED) is 0.156. The third-order valence-corrected chi connectivity index (χ3v) is 7.58. The van der Waals surface area contributed by atoms with Gasteiger partial charge in [-0.25, -0.2) is 9.97 Å². The van der Waals surface area contributed by atoms with Crippen molar-refractivity contribution in [2.45, 2.75) is 37.8 Å². The maximum absolute atomic E-state index is 12.8. The maximum atomic E-state index is 12.8. The normalized spacial score (nSPS) is 17.8. The molecular formula is C26H35N7O2S2. The molecule has 1 fully saturated rings. The van der Waals surface area contributed by atoms with Crippen molar-refractivity contribution in [1.29, 1.82) is 0 Å². The first-order valence-corrected chi connectivity index (χ1v) is 14.5. The van der Waals surface area contributed by atoms with Gasteiger partial charge in [0.05, 0.1) is 25.1 Å². The van der Waals surface area contributed by atoms with Gasteiger partial charge in [-0.3, -0.25) is 9.63 Å². The predicted molar refractivity (Wildman–Crippen MR) is 152 cm³/mol. The van der Waals surface area contributed by atoms with E-state index < -0.39 is 0 Å². The number of piperazine rings is 1. The Morgan fingerprint density at radius 3 is 2.68 bits per heavy atom. The number of thiophene rings is 1. The van der Waals surface area contributed by atoms with E-state index in [1.54, 1.807) is 23.1 Å². The second kappa shape index (κ2) is 15.3. The molecule has 4 rings (SSSR count). The van der Waals surface area contributed by atoms with Crippen molar-refractivity contribution in [2.24, 2.45) is 10.3 Å². The van der Waals surface area contributed by atoms with Crippen molar-refractivity contribution in [1.82, 2.24) is 20.0 Å².